The number of aromatic nitrogens is 4. The minimum absolute atomic E-state index is 0.225. The minimum atomic E-state index is -0.243. The molecule has 0 atom stereocenters. The van der Waals surface area contributed by atoms with Crippen LogP contribution in [0.5, 0.6) is 0 Å². The van der Waals surface area contributed by atoms with Crippen LogP contribution in [0.15, 0.2) is 48.8 Å². The Morgan fingerprint density at radius 1 is 1.17 bits per heavy atom. The molecule has 24 heavy (non-hydrogen) atoms. The van der Waals surface area contributed by atoms with E-state index in [9.17, 15) is 4.79 Å². The van der Waals surface area contributed by atoms with Crippen LogP contribution in [0.2, 0.25) is 0 Å². The Morgan fingerprint density at radius 3 is 2.50 bits per heavy atom. The lowest BCUT2D eigenvalue weighted by Crippen LogP contribution is -2.23. The van der Waals surface area contributed by atoms with Gasteiger partial charge in [-0.05, 0) is 24.0 Å². The predicted octanol–water partition coefficient (Wildman–Crippen LogP) is 4.34. The summed E-state index contributed by atoms with van der Waals surface area (Å²) in [6.45, 7) is 6.32. The molecule has 0 saturated carbocycles. The van der Waals surface area contributed by atoms with Crippen molar-refractivity contribution in [2.24, 2.45) is 0 Å². The first-order valence-electron chi connectivity index (χ1n) is 8.35. The quantitative estimate of drug-likeness (QED) is 0.718. The van der Waals surface area contributed by atoms with E-state index in [-0.39, 0.29) is 11.9 Å². The largest absolute Gasteiger partial charge is 0.369 e. The lowest BCUT2D eigenvalue weighted by Gasteiger charge is -2.09. The predicted molar refractivity (Wildman–Crippen MR) is 94.2 cm³/mol. The third-order valence-electron chi connectivity index (χ3n) is 3.99. The first-order chi connectivity index (χ1) is 11.6. The fourth-order valence-corrected chi connectivity index (χ4v) is 2.90. The van der Waals surface area contributed by atoms with E-state index in [2.05, 4.69) is 43.1 Å². The highest BCUT2D eigenvalue weighted by Gasteiger charge is 2.24. The third kappa shape index (κ3) is 2.89. The van der Waals surface area contributed by atoms with Crippen molar-refractivity contribution in [2.45, 2.75) is 39.5 Å². The monoisotopic (exact) mass is 322 g/mol. The Balaban J connectivity index is 2.21. The van der Waals surface area contributed by atoms with Crippen LogP contribution in [0.1, 0.15) is 44.5 Å². The summed E-state index contributed by atoms with van der Waals surface area (Å²) in [6, 6.07) is 11.7. The van der Waals surface area contributed by atoms with Crippen LogP contribution < -0.4 is 0 Å². The van der Waals surface area contributed by atoms with Crippen molar-refractivity contribution in [1.29, 1.82) is 0 Å². The SMILES string of the molecule is CCCc1c(-c2ccccc2)c(C(C)C)nn1C(=O)n1cccn1. The van der Waals surface area contributed by atoms with Crippen molar-refractivity contribution < 1.29 is 4.79 Å². The van der Waals surface area contributed by atoms with E-state index in [1.807, 2.05) is 18.2 Å². The molecular formula is C19H22N4O. The van der Waals surface area contributed by atoms with E-state index >= 15 is 0 Å². The summed E-state index contributed by atoms with van der Waals surface area (Å²) in [6.07, 6.45) is 4.98. The molecule has 0 fully saturated rings. The van der Waals surface area contributed by atoms with E-state index in [1.165, 1.54) is 9.36 Å². The van der Waals surface area contributed by atoms with Crippen LogP contribution in [0, 0.1) is 0 Å². The van der Waals surface area contributed by atoms with Gasteiger partial charge in [0.25, 0.3) is 0 Å². The van der Waals surface area contributed by atoms with Gasteiger partial charge in [0.2, 0.25) is 0 Å². The molecule has 0 aliphatic rings. The average molecular weight is 322 g/mol. The summed E-state index contributed by atoms with van der Waals surface area (Å²) >= 11 is 0. The molecule has 0 bridgehead atoms. The molecule has 0 aliphatic heterocycles. The molecule has 0 aliphatic carbocycles. The maximum absolute atomic E-state index is 12.8. The molecule has 0 N–H and O–H groups in total. The van der Waals surface area contributed by atoms with Gasteiger partial charge in [0.1, 0.15) is 0 Å². The maximum atomic E-state index is 12.8. The smallest absolute Gasteiger partial charge is 0.244 e. The number of hydrogen-bond donors (Lipinski definition) is 0. The summed E-state index contributed by atoms with van der Waals surface area (Å²) < 4.78 is 2.85. The van der Waals surface area contributed by atoms with Gasteiger partial charge in [-0.3, -0.25) is 0 Å². The zero-order valence-electron chi connectivity index (χ0n) is 14.3. The fourth-order valence-electron chi connectivity index (χ4n) is 2.90. The van der Waals surface area contributed by atoms with E-state index < -0.39 is 0 Å². The molecule has 0 amide bonds. The van der Waals surface area contributed by atoms with Crippen molar-refractivity contribution in [2.75, 3.05) is 0 Å². The number of carbonyl (C=O) groups is 1. The lowest BCUT2D eigenvalue weighted by molar-refractivity contribution is 0.237. The van der Waals surface area contributed by atoms with Crippen LogP contribution in [-0.2, 0) is 6.42 Å². The Labute approximate surface area is 141 Å². The minimum Gasteiger partial charge on any atom is -0.244 e. The van der Waals surface area contributed by atoms with Crippen LogP contribution in [-0.4, -0.2) is 25.6 Å². The van der Waals surface area contributed by atoms with Gasteiger partial charge in [-0.15, -0.1) is 0 Å². The van der Waals surface area contributed by atoms with E-state index in [0.29, 0.717) is 0 Å². The second-order valence-electron chi connectivity index (χ2n) is 6.12. The second kappa shape index (κ2) is 6.83. The zero-order valence-corrected chi connectivity index (χ0v) is 14.3. The molecule has 3 aromatic rings. The summed E-state index contributed by atoms with van der Waals surface area (Å²) in [7, 11) is 0. The average Bonchev–Trinajstić information content (AvgIpc) is 3.23. The van der Waals surface area contributed by atoms with Crippen molar-refractivity contribution in [3.8, 4) is 11.1 Å². The normalized spacial score (nSPS) is 11.2. The standard InChI is InChI=1S/C19H22N4O/c1-4-9-16-17(15-10-6-5-7-11-15)18(14(2)3)21-23(16)19(24)22-13-8-12-20-22/h5-8,10-14H,4,9H2,1-3H3. The topological polar surface area (TPSA) is 52.7 Å². The van der Waals surface area contributed by atoms with Crippen LogP contribution in [0.25, 0.3) is 11.1 Å². The van der Waals surface area contributed by atoms with Crippen molar-refractivity contribution in [3.63, 3.8) is 0 Å². The number of rotatable bonds is 4. The molecule has 2 aromatic heterocycles. The van der Waals surface area contributed by atoms with Gasteiger partial charge in [0.15, 0.2) is 0 Å². The maximum Gasteiger partial charge on any atom is 0.369 e. The molecule has 0 spiro atoms. The number of benzene rings is 1. The lowest BCUT2D eigenvalue weighted by atomic mass is 9.96. The molecule has 1 aromatic carbocycles. The Hall–Kier alpha value is -2.69. The van der Waals surface area contributed by atoms with Gasteiger partial charge in [0, 0.05) is 18.0 Å². The summed E-state index contributed by atoms with van der Waals surface area (Å²) in [4.78, 5) is 12.8. The van der Waals surface area contributed by atoms with Gasteiger partial charge in [-0.1, -0.05) is 57.5 Å². The van der Waals surface area contributed by atoms with E-state index in [4.69, 9.17) is 0 Å². The number of carbonyl (C=O) groups excluding carboxylic acids is 1. The molecule has 2 heterocycles. The van der Waals surface area contributed by atoms with Crippen LogP contribution in [0.3, 0.4) is 0 Å². The molecule has 5 nitrogen and oxygen atoms in total. The van der Waals surface area contributed by atoms with Gasteiger partial charge < -0.3 is 0 Å². The van der Waals surface area contributed by atoms with E-state index in [1.54, 1.807) is 18.5 Å². The van der Waals surface area contributed by atoms with Crippen LogP contribution >= 0.6 is 0 Å². The highest BCUT2D eigenvalue weighted by Crippen LogP contribution is 2.33. The Morgan fingerprint density at radius 2 is 1.92 bits per heavy atom. The molecular weight excluding hydrogens is 300 g/mol. The number of nitrogens with zero attached hydrogens (tertiary/aromatic N) is 4. The Kier molecular flexibility index (Phi) is 4.60. The van der Waals surface area contributed by atoms with Gasteiger partial charge in [-0.2, -0.15) is 19.6 Å². The second-order valence-corrected chi connectivity index (χ2v) is 6.12. The van der Waals surface area contributed by atoms with Crippen LogP contribution in [0.4, 0.5) is 4.79 Å². The molecule has 0 saturated heterocycles. The molecule has 3 rings (SSSR count). The third-order valence-corrected chi connectivity index (χ3v) is 3.99. The van der Waals surface area contributed by atoms with Crippen molar-refractivity contribution in [1.82, 2.24) is 19.6 Å². The summed E-state index contributed by atoms with van der Waals surface area (Å²) in [5, 5.41) is 8.72. The van der Waals surface area contributed by atoms with Crippen molar-refractivity contribution >= 4 is 6.03 Å². The van der Waals surface area contributed by atoms with Gasteiger partial charge in [0.05, 0.1) is 11.4 Å². The first-order valence-corrected chi connectivity index (χ1v) is 8.35. The molecule has 124 valence electrons. The van der Waals surface area contributed by atoms with Crippen molar-refractivity contribution in [3.05, 3.63) is 60.2 Å². The Bertz CT molecular complexity index is 817. The van der Waals surface area contributed by atoms with E-state index in [0.717, 1.165) is 35.4 Å². The van der Waals surface area contributed by atoms with Gasteiger partial charge >= 0.3 is 6.03 Å². The highest BCUT2D eigenvalue weighted by molar-refractivity contribution is 5.82. The van der Waals surface area contributed by atoms with Gasteiger partial charge in [-0.25, -0.2) is 4.79 Å². The first kappa shape index (κ1) is 16.2. The fraction of sp³-hybridized carbons (Fsp3) is 0.316. The number of hydrogen-bond acceptors (Lipinski definition) is 3. The summed E-state index contributed by atoms with van der Waals surface area (Å²) in [5.41, 5.74) is 4.08. The highest BCUT2D eigenvalue weighted by atomic mass is 16.2. The molecule has 0 unspecified atom stereocenters. The molecule has 0 radical (unpaired) electrons. The summed E-state index contributed by atoms with van der Waals surface area (Å²) in [5.74, 6) is 0.225. The molecule has 5 heteroatoms. The zero-order chi connectivity index (χ0) is 17.1.